The molecule has 0 fully saturated rings. The highest BCUT2D eigenvalue weighted by Crippen LogP contribution is 2.31. The summed E-state index contributed by atoms with van der Waals surface area (Å²) >= 11 is 3.45. The maximum absolute atomic E-state index is 5.37. The third-order valence-electron chi connectivity index (χ3n) is 2.75. The van der Waals surface area contributed by atoms with E-state index in [9.17, 15) is 0 Å². The fourth-order valence-electron chi connectivity index (χ4n) is 1.92. The van der Waals surface area contributed by atoms with Gasteiger partial charge in [-0.1, -0.05) is 12.1 Å². The molecule has 0 amide bonds. The number of halogens is 1. The van der Waals surface area contributed by atoms with Crippen molar-refractivity contribution in [1.82, 2.24) is 14.4 Å². The van der Waals surface area contributed by atoms with Gasteiger partial charge in [0, 0.05) is 12.4 Å². The summed E-state index contributed by atoms with van der Waals surface area (Å²) in [6, 6.07) is 7.81. The zero-order valence-electron chi connectivity index (χ0n) is 9.67. The first-order valence-corrected chi connectivity index (χ1v) is 6.21. The van der Waals surface area contributed by atoms with E-state index in [2.05, 4.69) is 25.9 Å². The molecule has 90 valence electrons. The van der Waals surface area contributed by atoms with E-state index in [1.807, 2.05) is 34.9 Å². The molecule has 0 saturated carbocycles. The summed E-state index contributed by atoms with van der Waals surface area (Å²) in [6.07, 6.45) is 5.39. The molecule has 0 aliphatic heterocycles. The molecule has 0 bridgehead atoms. The quantitative estimate of drug-likeness (QED) is 0.730. The Kier molecular flexibility index (Phi) is 2.76. The van der Waals surface area contributed by atoms with Gasteiger partial charge in [-0.05, 0) is 28.1 Å². The van der Waals surface area contributed by atoms with E-state index in [4.69, 9.17) is 4.74 Å². The Bertz CT molecular complexity index is 708. The molecule has 0 spiro atoms. The second-order valence-corrected chi connectivity index (χ2v) is 4.51. The van der Waals surface area contributed by atoms with Gasteiger partial charge in [-0.25, -0.2) is 4.98 Å². The van der Waals surface area contributed by atoms with Crippen molar-refractivity contribution in [1.29, 1.82) is 0 Å². The summed E-state index contributed by atoms with van der Waals surface area (Å²) in [5.74, 6) is 1.63. The van der Waals surface area contributed by atoms with Crippen LogP contribution in [0, 0.1) is 0 Å². The van der Waals surface area contributed by atoms with Gasteiger partial charge >= 0.3 is 0 Å². The molecule has 5 heteroatoms. The van der Waals surface area contributed by atoms with Crippen molar-refractivity contribution >= 4 is 21.4 Å². The lowest BCUT2D eigenvalue weighted by Crippen LogP contribution is -1.93. The molecular weight excluding hydrogens is 294 g/mol. The first-order valence-electron chi connectivity index (χ1n) is 5.42. The van der Waals surface area contributed by atoms with Crippen LogP contribution in [0.15, 0.2) is 47.5 Å². The van der Waals surface area contributed by atoms with Gasteiger partial charge in [0.15, 0.2) is 0 Å². The van der Waals surface area contributed by atoms with E-state index in [0.29, 0.717) is 0 Å². The van der Waals surface area contributed by atoms with Gasteiger partial charge < -0.3 is 4.74 Å². The van der Waals surface area contributed by atoms with E-state index < -0.39 is 0 Å². The number of benzene rings is 1. The second kappa shape index (κ2) is 4.42. The highest BCUT2D eigenvalue weighted by atomic mass is 79.9. The van der Waals surface area contributed by atoms with Gasteiger partial charge in [0.2, 0.25) is 0 Å². The average molecular weight is 304 g/mol. The minimum absolute atomic E-state index is 0.775. The Balaban J connectivity index is 2.32. The van der Waals surface area contributed by atoms with Crippen LogP contribution in [0.25, 0.3) is 16.9 Å². The SMILES string of the molecule is COc1ccccc1-c1nc(Br)c2cnccn12. The fraction of sp³-hybridized carbons (Fsp3) is 0.0769. The Morgan fingerprint density at radius 2 is 2.11 bits per heavy atom. The maximum Gasteiger partial charge on any atom is 0.149 e. The standard InChI is InChI=1S/C13H10BrN3O/c1-18-11-5-3-2-4-9(11)13-16-12(14)10-8-15-6-7-17(10)13/h2-8H,1H3. The minimum Gasteiger partial charge on any atom is -0.496 e. The Morgan fingerprint density at radius 1 is 1.28 bits per heavy atom. The molecule has 18 heavy (non-hydrogen) atoms. The third kappa shape index (κ3) is 1.67. The van der Waals surface area contributed by atoms with Crippen LogP contribution in [-0.4, -0.2) is 21.5 Å². The van der Waals surface area contributed by atoms with Gasteiger partial charge in [-0.15, -0.1) is 0 Å². The van der Waals surface area contributed by atoms with Crippen molar-refractivity contribution in [2.75, 3.05) is 7.11 Å². The van der Waals surface area contributed by atoms with Gasteiger partial charge in [-0.2, -0.15) is 0 Å². The van der Waals surface area contributed by atoms with Crippen LogP contribution in [-0.2, 0) is 0 Å². The number of rotatable bonds is 2. The fourth-order valence-corrected chi connectivity index (χ4v) is 2.38. The Hall–Kier alpha value is -1.88. The molecule has 4 nitrogen and oxygen atoms in total. The van der Waals surface area contributed by atoms with E-state index in [1.54, 1.807) is 19.5 Å². The zero-order chi connectivity index (χ0) is 12.5. The molecule has 0 saturated heterocycles. The maximum atomic E-state index is 5.37. The van der Waals surface area contributed by atoms with Crippen molar-refractivity contribution in [2.24, 2.45) is 0 Å². The van der Waals surface area contributed by atoms with E-state index in [-0.39, 0.29) is 0 Å². The summed E-state index contributed by atoms with van der Waals surface area (Å²) in [5, 5.41) is 0. The summed E-state index contributed by atoms with van der Waals surface area (Å²) < 4.78 is 8.13. The van der Waals surface area contributed by atoms with Crippen molar-refractivity contribution in [3.63, 3.8) is 0 Å². The lowest BCUT2D eigenvalue weighted by atomic mass is 10.2. The second-order valence-electron chi connectivity index (χ2n) is 3.76. The predicted octanol–water partition coefficient (Wildman–Crippen LogP) is 3.17. The molecule has 3 aromatic rings. The van der Waals surface area contributed by atoms with Gasteiger partial charge in [0.25, 0.3) is 0 Å². The predicted molar refractivity (Wildman–Crippen MR) is 72.7 cm³/mol. The third-order valence-corrected chi connectivity index (χ3v) is 3.33. The van der Waals surface area contributed by atoms with Crippen LogP contribution >= 0.6 is 15.9 Å². The van der Waals surface area contributed by atoms with Crippen LogP contribution in [0.3, 0.4) is 0 Å². The normalized spacial score (nSPS) is 10.8. The number of fused-ring (bicyclic) bond motifs is 1. The van der Waals surface area contributed by atoms with E-state index >= 15 is 0 Å². The molecule has 0 radical (unpaired) electrons. The van der Waals surface area contributed by atoms with Gasteiger partial charge in [-0.3, -0.25) is 9.38 Å². The molecule has 0 N–H and O–H groups in total. The van der Waals surface area contributed by atoms with Crippen molar-refractivity contribution in [3.8, 4) is 17.1 Å². The monoisotopic (exact) mass is 303 g/mol. The summed E-state index contributed by atoms with van der Waals surface area (Å²) in [7, 11) is 1.66. The Morgan fingerprint density at radius 3 is 2.94 bits per heavy atom. The number of ether oxygens (including phenoxy) is 1. The number of imidazole rings is 1. The van der Waals surface area contributed by atoms with Crippen LogP contribution in [0.2, 0.25) is 0 Å². The van der Waals surface area contributed by atoms with Crippen LogP contribution in [0.5, 0.6) is 5.75 Å². The van der Waals surface area contributed by atoms with Crippen LogP contribution in [0.1, 0.15) is 0 Å². The highest BCUT2D eigenvalue weighted by molar-refractivity contribution is 9.10. The number of hydrogen-bond acceptors (Lipinski definition) is 3. The van der Waals surface area contributed by atoms with Crippen LogP contribution < -0.4 is 4.74 Å². The summed E-state index contributed by atoms with van der Waals surface area (Å²) in [6.45, 7) is 0. The zero-order valence-corrected chi connectivity index (χ0v) is 11.3. The molecule has 0 aliphatic rings. The number of methoxy groups -OCH3 is 1. The molecule has 0 unspecified atom stereocenters. The summed E-state index contributed by atoms with van der Waals surface area (Å²) in [5.41, 5.74) is 1.88. The van der Waals surface area contributed by atoms with Gasteiger partial charge in [0.1, 0.15) is 16.2 Å². The van der Waals surface area contributed by atoms with Crippen LogP contribution in [0.4, 0.5) is 0 Å². The first-order chi connectivity index (χ1) is 8.81. The van der Waals surface area contributed by atoms with E-state index in [0.717, 1.165) is 27.3 Å². The number of para-hydroxylation sites is 1. The van der Waals surface area contributed by atoms with Crippen molar-refractivity contribution in [3.05, 3.63) is 47.5 Å². The average Bonchev–Trinajstić information content (AvgIpc) is 2.77. The largest absolute Gasteiger partial charge is 0.496 e. The highest BCUT2D eigenvalue weighted by Gasteiger charge is 2.13. The minimum atomic E-state index is 0.775. The molecule has 1 aromatic carbocycles. The molecule has 0 aliphatic carbocycles. The first kappa shape index (κ1) is 11.2. The van der Waals surface area contributed by atoms with Crippen molar-refractivity contribution < 1.29 is 4.74 Å². The molecule has 2 aromatic heterocycles. The lowest BCUT2D eigenvalue weighted by Gasteiger charge is -2.06. The van der Waals surface area contributed by atoms with Crippen molar-refractivity contribution in [2.45, 2.75) is 0 Å². The van der Waals surface area contributed by atoms with Gasteiger partial charge in [0.05, 0.1) is 24.4 Å². The number of aromatic nitrogens is 3. The number of nitrogens with zero attached hydrogens (tertiary/aromatic N) is 3. The lowest BCUT2D eigenvalue weighted by molar-refractivity contribution is 0.416. The number of hydrogen-bond donors (Lipinski definition) is 0. The summed E-state index contributed by atoms with van der Waals surface area (Å²) in [4.78, 5) is 8.63. The topological polar surface area (TPSA) is 39.4 Å². The molecule has 3 rings (SSSR count). The smallest absolute Gasteiger partial charge is 0.149 e. The molecular formula is C13H10BrN3O. The molecule has 0 atom stereocenters. The molecule has 2 heterocycles. The Labute approximate surface area is 112 Å². The van der Waals surface area contributed by atoms with E-state index in [1.165, 1.54) is 0 Å².